The monoisotopic (exact) mass is 300 g/mol. The molecule has 0 aromatic carbocycles. The average molecular weight is 300 g/mol. The summed E-state index contributed by atoms with van der Waals surface area (Å²) in [6.45, 7) is 4.22. The molecule has 0 aromatic rings. The third-order valence-corrected chi connectivity index (χ3v) is 5.72. The lowest BCUT2D eigenvalue weighted by atomic mass is 9.95. The van der Waals surface area contributed by atoms with Crippen LogP contribution in [-0.4, -0.2) is 52.1 Å². The van der Waals surface area contributed by atoms with Crippen LogP contribution >= 0.6 is 11.8 Å². The van der Waals surface area contributed by atoms with E-state index in [4.69, 9.17) is 5.11 Å². The summed E-state index contributed by atoms with van der Waals surface area (Å²) in [6.07, 6.45) is 4.35. The number of carbonyl (C=O) groups is 2. The van der Waals surface area contributed by atoms with Crippen LogP contribution in [0.4, 0.5) is 4.79 Å². The number of likely N-dealkylation sites (tertiary alicyclic amines) is 1. The van der Waals surface area contributed by atoms with E-state index in [0.29, 0.717) is 13.1 Å². The van der Waals surface area contributed by atoms with Crippen molar-refractivity contribution in [2.75, 3.05) is 25.4 Å². The first kappa shape index (κ1) is 15.5. The molecule has 2 aliphatic heterocycles. The van der Waals surface area contributed by atoms with Gasteiger partial charge in [-0.2, -0.15) is 11.8 Å². The van der Waals surface area contributed by atoms with Crippen LogP contribution in [0.5, 0.6) is 0 Å². The fourth-order valence-electron chi connectivity index (χ4n) is 3.01. The third kappa shape index (κ3) is 4.30. The summed E-state index contributed by atoms with van der Waals surface area (Å²) >= 11 is 1.93. The zero-order valence-electron chi connectivity index (χ0n) is 12.1. The van der Waals surface area contributed by atoms with Crippen LogP contribution in [0, 0.1) is 5.92 Å². The smallest absolute Gasteiger partial charge is 0.317 e. The molecule has 20 heavy (non-hydrogen) atoms. The number of amides is 2. The highest BCUT2D eigenvalue weighted by Crippen LogP contribution is 2.37. The van der Waals surface area contributed by atoms with E-state index in [9.17, 15) is 9.59 Å². The van der Waals surface area contributed by atoms with E-state index in [0.717, 1.165) is 25.8 Å². The van der Waals surface area contributed by atoms with E-state index in [1.807, 2.05) is 11.8 Å². The van der Waals surface area contributed by atoms with Gasteiger partial charge in [-0.15, -0.1) is 0 Å². The Bertz CT molecular complexity index is 369. The fraction of sp³-hybridized carbons (Fsp3) is 0.857. The van der Waals surface area contributed by atoms with Gasteiger partial charge < -0.3 is 15.3 Å². The zero-order chi connectivity index (χ0) is 14.6. The Morgan fingerprint density at radius 2 is 2.25 bits per heavy atom. The standard InChI is InChI=1S/C14H24N2O3S/c1-14(5-3-7-20-14)10-15-13(19)16-6-2-4-11(9-16)8-12(17)18/h11H,2-10H2,1H3,(H,15,19)(H,17,18). The molecular weight excluding hydrogens is 276 g/mol. The molecule has 6 heteroatoms. The zero-order valence-corrected chi connectivity index (χ0v) is 12.9. The lowest BCUT2D eigenvalue weighted by Crippen LogP contribution is -2.48. The van der Waals surface area contributed by atoms with Gasteiger partial charge in [0.2, 0.25) is 0 Å². The molecule has 0 aliphatic carbocycles. The second kappa shape index (κ2) is 6.70. The van der Waals surface area contributed by atoms with Gasteiger partial charge in [-0.1, -0.05) is 0 Å². The van der Waals surface area contributed by atoms with E-state index in [1.165, 1.54) is 12.2 Å². The van der Waals surface area contributed by atoms with Crippen molar-refractivity contribution < 1.29 is 14.7 Å². The molecule has 0 bridgehead atoms. The first-order valence-corrected chi connectivity index (χ1v) is 8.36. The van der Waals surface area contributed by atoms with Crippen molar-refractivity contribution in [1.29, 1.82) is 0 Å². The largest absolute Gasteiger partial charge is 0.481 e. The Balaban J connectivity index is 1.78. The number of hydrogen-bond acceptors (Lipinski definition) is 3. The van der Waals surface area contributed by atoms with Gasteiger partial charge in [0, 0.05) is 30.8 Å². The molecule has 2 N–H and O–H groups in total. The van der Waals surface area contributed by atoms with Gasteiger partial charge >= 0.3 is 12.0 Å². The van der Waals surface area contributed by atoms with E-state index >= 15 is 0 Å². The summed E-state index contributed by atoms with van der Waals surface area (Å²) < 4.78 is 0.173. The number of urea groups is 1. The molecule has 0 aromatic heterocycles. The maximum absolute atomic E-state index is 12.2. The van der Waals surface area contributed by atoms with Crippen molar-refractivity contribution in [2.45, 2.75) is 43.8 Å². The number of piperidine rings is 1. The molecule has 0 radical (unpaired) electrons. The Morgan fingerprint density at radius 1 is 1.45 bits per heavy atom. The molecular formula is C14H24N2O3S. The molecule has 0 saturated carbocycles. The first-order chi connectivity index (χ1) is 9.48. The molecule has 2 rings (SSSR count). The quantitative estimate of drug-likeness (QED) is 0.835. The van der Waals surface area contributed by atoms with E-state index in [2.05, 4.69) is 12.2 Å². The minimum Gasteiger partial charge on any atom is -0.481 e. The highest BCUT2D eigenvalue weighted by atomic mass is 32.2. The lowest BCUT2D eigenvalue weighted by Gasteiger charge is -2.33. The third-order valence-electron chi connectivity index (χ3n) is 4.18. The molecule has 114 valence electrons. The van der Waals surface area contributed by atoms with Crippen LogP contribution in [-0.2, 0) is 4.79 Å². The molecule has 2 aliphatic rings. The van der Waals surface area contributed by atoms with Crippen LogP contribution in [0.15, 0.2) is 0 Å². The molecule has 5 nitrogen and oxygen atoms in total. The fourth-order valence-corrected chi connectivity index (χ4v) is 4.26. The topological polar surface area (TPSA) is 69.6 Å². The van der Waals surface area contributed by atoms with Crippen molar-refractivity contribution >= 4 is 23.8 Å². The summed E-state index contributed by atoms with van der Waals surface area (Å²) in [6, 6.07) is -0.0335. The van der Waals surface area contributed by atoms with Crippen LogP contribution in [0.3, 0.4) is 0 Å². The Hall–Kier alpha value is -0.910. The van der Waals surface area contributed by atoms with Gasteiger partial charge in [0.05, 0.1) is 0 Å². The second-order valence-corrected chi connectivity index (χ2v) is 7.80. The number of carboxylic acids is 1. The SMILES string of the molecule is CC1(CNC(=O)N2CCCC(CC(=O)O)C2)CCCS1. The number of nitrogens with zero attached hydrogens (tertiary/aromatic N) is 1. The minimum atomic E-state index is -0.771. The van der Waals surface area contributed by atoms with Gasteiger partial charge in [-0.3, -0.25) is 4.79 Å². The van der Waals surface area contributed by atoms with Gasteiger partial charge in [-0.05, 0) is 44.3 Å². The Morgan fingerprint density at radius 3 is 2.90 bits per heavy atom. The molecule has 0 spiro atoms. The Labute approximate surface area is 124 Å². The normalized spacial score (nSPS) is 30.2. The summed E-state index contributed by atoms with van der Waals surface area (Å²) in [5.74, 6) is 0.507. The number of carboxylic acid groups (broad SMARTS) is 1. The van der Waals surface area contributed by atoms with Crippen molar-refractivity contribution in [3.05, 3.63) is 0 Å². The van der Waals surface area contributed by atoms with Gasteiger partial charge in [0.1, 0.15) is 0 Å². The van der Waals surface area contributed by atoms with Gasteiger partial charge in [-0.25, -0.2) is 4.79 Å². The van der Waals surface area contributed by atoms with E-state index in [1.54, 1.807) is 4.90 Å². The van der Waals surface area contributed by atoms with Crippen LogP contribution in [0.25, 0.3) is 0 Å². The first-order valence-electron chi connectivity index (χ1n) is 7.37. The summed E-state index contributed by atoms with van der Waals surface area (Å²) in [4.78, 5) is 24.7. The van der Waals surface area contributed by atoms with Crippen LogP contribution < -0.4 is 5.32 Å². The summed E-state index contributed by atoms with van der Waals surface area (Å²) in [5.41, 5.74) is 0. The van der Waals surface area contributed by atoms with Gasteiger partial charge in [0.15, 0.2) is 0 Å². The second-order valence-electron chi connectivity index (χ2n) is 6.11. The van der Waals surface area contributed by atoms with Crippen LogP contribution in [0.2, 0.25) is 0 Å². The van der Waals surface area contributed by atoms with E-state index < -0.39 is 5.97 Å². The number of nitrogens with one attached hydrogen (secondary N) is 1. The molecule has 2 atom stereocenters. The number of rotatable bonds is 4. The summed E-state index contributed by atoms with van der Waals surface area (Å²) in [5, 5.41) is 11.9. The molecule has 2 saturated heterocycles. The number of aliphatic carboxylic acids is 1. The average Bonchev–Trinajstić information content (AvgIpc) is 2.83. The highest BCUT2D eigenvalue weighted by Gasteiger charge is 2.31. The highest BCUT2D eigenvalue weighted by molar-refractivity contribution is 8.00. The molecule has 2 fully saturated rings. The van der Waals surface area contributed by atoms with Crippen LogP contribution in [0.1, 0.15) is 39.0 Å². The maximum atomic E-state index is 12.2. The van der Waals surface area contributed by atoms with Crippen molar-refractivity contribution in [3.63, 3.8) is 0 Å². The van der Waals surface area contributed by atoms with Crippen molar-refractivity contribution in [3.8, 4) is 0 Å². The van der Waals surface area contributed by atoms with Crippen molar-refractivity contribution in [2.24, 2.45) is 5.92 Å². The Kier molecular flexibility index (Phi) is 5.18. The molecule has 2 unspecified atom stereocenters. The number of carbonyl (C=O) groups excluding carboxylic acids is 1. The number of thioether (sulfide) groups is 1. The van der Waals surface area contributed by atoms with E-state index in [-0.39, 0.29) is 23.1 Å². The molecule has 2 heterocycles. The predicted molar refractivity (Wildman–Crippen MR) is 80.0 cm³/mol. The summed E-state index contributed by atoms with van der Waals surface area (Å²) in [7, 11) is 0. The number of hydrogen-bond donors (Lipinski definition) is 2. The van der Waals surface area contributed by atoms with Crippen molar-refractivity contribution in [1.82, 2.24) is 10.2 Å². The van der Waals surface area contributed by atoms with Gasteiger partial charge in [0.25, 0.3) is 0 Å². The lowest BCUT2D eigenvalue weighted by molar-refractivity contribution is -0.138. The minimum absolute atomic E-state index is 0.0335. The predicted octanol–water partition coefficient (Wildman–Crippen LogP) is 2.17. The maximum Gasteiger partial charge on any atom is 0.317 e. The molecule has 2 amide bonds.